The molecule has 0 radical (unpaired) electrons. The normalized spacial score (nSPS) is 11.9. The van der Waals surface area contributed by atoms with E-state index in [4.69, 9.17) is 5.26 Å². The van der Waals surface area contributed by atoms with E-state index < -0.39 is 5.82 Å². The van der Waals surface area contributed by atoms with Crippen LogP contribution in [0.3, 0.4) is 0 Å². The first-order chi connectivity index (χ1) is 9.13. The predicted molar refractivity (Wildman–Crippen MR) is 71.1 cm³/mol. The molecule has 19 heavy (non-hydrogen) atoms. The molecule has 2 rings (SSSR count). The lowest BCUT2D eigenvalue weighted by molar-refractivity contribution is 0.627. The summed E-state index contributed by atoms with van der Waals surface area (Å²) in [5.74, 6) is -0.422. The van der Waals surface area contributed by atoms with Crippen molar-refractivity contribution in [3.8, 4) is 6.07 Å². The van der Waals surface area contributed by atoms with Crippen LogP contribution in [0.1, 0.15) is 31.0 Å². The van der Waals surface area contributed by atoms with Crippen LogP contribution < -0.4 is 5.32 Å². The minimum absolute atomic E-state index is 0.0530. The largest absolute Gasteiger partial charge is 0.376 e. The Bertz CT molecular complexity index is 612. The summed E-state index contributed by atoms with van der Waals surface area (Å²) in [7, 11) is 0. The van der Waals surface area contributed by atoms with Crippen LogP contribution in [0.15, 0.2) is 30.6 Å². The van der Waals surface area contributed by atoms with Crippen molar-refractivity contribution in [2.45, 2.75) is 26.4 Å². The number of nitrogens with one attached hydrogen (secondary N) is 1. The lowest BCUT2D eigenvalue weighted by atomic mass is 10.1. The first-order valence-electron chi connectivity index (χ1n) is 6.12. The van der Waals surface area contributed by atoms with Crippen LogP contribution in [-0.4, -0.2) is 9.78 Å². The molecule has 0 saturated heterocycles. The van der Waals surface area contributed by atoms with E-state index in [1.54, 1.807) is 18.3 Å². The number of aryl methyl sites for hydroxylation is 1. The van der Waals surface area contributed by atoms with E-state index >= 15 is 0 Å². The zero-order valence-electron chi connectivity index (χ0n) is 10.9. The molecule has 0 aliphatic rings. The second kappa shape index (κ2) is 5.53. The van der Waals surface area contributed by atoms with Gasteiger partial charge >= 0.3 is 0 Å². The Balaban J connectivity index is 2.14. The quantitative estimate of drug-likeness (QED) is 0.916. The van der Waals surface area contributed by atoms with Gasteiger partial charge in [0.25, 0.3) is 0 Å². The van der Waals surface area contributed by atoms with Gasteiger partial charge in [-0.2, -0.15) is 10.4 Å². The number of halogens is 1. The number of benzene rings is 1. The van der Waals surface area contributed by atoms with E-state index in [-0.39, 0.29) is 6.04 Å². The van der Waals surface area contributed by atoms with Crippen molar-refractivity contribution < 1.29 is 4.39 Å². The number of anilines is 1. The van der Waals surface area contributed by atoms with Crippen LogP contribution in [0.2, 0.25) is 0 Å². The fourth-order valence-electron chi connectivity index (χ4n) is 1.79. The number of nitriles is 1. The van der Waals surface area contributed by atoms with Gasteiger partial charge in [0.05, 0.1) is 29.6 Å². The first-order valence-corrected chi connectivity index (χ1v) is 6.12. The standard InChI is InChI=1S/C14H15FN4/c1-3-19-9-12(8-17-19)10(2)18-14-5-4-11(7-16)6-13(14)15/h4-6,8-10,18H,3H2,1-2H3. The second-order valence-corrected chi connectivity index (χ2v) is 4.30. The molecule has 1 atom stereocenters. The zero-order valence-corrected chi connectivity index (χ0v) is 10.9. The average molecular weight is 258 g/mol. The van der Waals surface area contributed by atoms with Crippen molar-refractivity contribution in [2.75, 3.05) is 5.32 Å². The molecule has 0 fully saturated rings. The summed E-state index contributed by atoms with van der Waals surface area (Å²) in [6, 6.07) is 6.25. The molecule has 1 aromatic heterocycles. The lowest BCUT2D eigenvalue weighted by Gasteiger charge is -2.14. The number of rotatable bonds is 4. The van der Waals surface area contributed by atoms with Gasteiger partial charge in [0.1, 0.15) is 5.82 Å². The molecule has 0 spiro atoms. The van der Waals surface area contributed by atoms with Crippen molar-refractivity contribution in [1.82, 2.24) is 9.78 Å². The molecule has 0 aliphatic heterocycles. The van der Waals surface area contributed by atoms with E-state index in [1.807, 2.05) is 30.8 Å². The van der Waals surface area contributed by atoms with Gasteiger partial charge in [-0.05, 0) is 32.0 Å². The van der Waals surface area contributed by atoms with Gasteiger partial charge in [0.2, 0.25) is 0 Å². The van der Waals surface area contributed by atoms with Gasteiger partial charge in [0, 0.05) is 18.3 Å². The molecule has 1 aromatic carbocycles. The maximum absolute atomic E-state index is 13.8. The molecule has 98 valence electrons. The van der Waals surface area contributed by atoms with E-state index in [2.05, 4.69) is 10.4 Å². The van der Waals surface area contributed by atoms with Crippen LogP contribution in [0, 0.1) is 17.1 Å². The van der Waals surface area contributed by atoms with E-state index in [1.165, 1.54) is 6.07 Å². The Morgan fingerprint density at radius 2 is 2.32 bits per heavy atom. The molecule has 4 nitrogen and oxygen atoms in total. The number of hydrogen-bond acceptors (Lipinski definition) is 3. The summed E-state index contributed by atoms with van der Waals surface area (Å²) >= 11 is 0. The van der Waals surface area contributed by atoms with E-state index in [0.717, 1.165) is 12.1 Å². The molecule has 0 saturated carbocycles. The molecule has 0 bridgehead atoms. The van der Waals surface area contributed by atoms with Crippen LogP contribution in [0.25, 0.3) is 0 Å². The lowest BCUT2D eigenvalue weighted by Crippen LogP contribution is -2.07. The minimum atomic E-state index is -0.422. The molecule has 0 aliphatic carbocycles. The molecular formula is C14H15FN4. The van der Waals surface area contributed by atoms with Crippen LogP contribution in [0.4, 0.5) is 10.1 Å². The average Bonchev–Trinajstić information content (AvgIpc) is 2.90. The summed E-state index contributed by atoms with van der Waals surface area (Å²) < 4.78 is 15.6. The van der Waals surface area contributed by atoms with Crippen LogP contribution >= 0.6 is 0 Å². The Morgan fingerprint density at radius 3 is 2.89 bits per heavy atom. The number of aromatic nitrogens is 2. The van der Waals surface area contributed by atoms with E-state index in [0.29, 0.717) is 11.3 Å². The number of hydrogen-bond donors (Lipinski definition) is 1. The van der Waals surface area contributed by atoms with Gasteiger partial charge in [-0.1, -0.05) is 0 Å². The maximum atomic E-state index is 13.8. The summed E-state index contributed by atoms with van der Waals surface area (Å²) in [4.78, 5) is 0. The highest BCUT2D eigenvalue weighted by atomic mass is 19.1. The third kappa shape index (κ3) is 2.91. The highest BCUT2D eigenvalue weighted by Crippen LogP contribution is 2.22. The monoisotopic (exact) mass is 258 g/mol. The third-order valence-electron chi connectivity index (χ3n) is 2.95. The van der Waals surface area contributed by atoms with Crippen LogP contribution in [-0.2, 0) is 6.54 Å². The SMILES string of the molecule is CCn1cc(C(C)Nc2ccc(C#N)cc2F)cn1. The topological polar surface area (TPSA) is 53.6 Å². The first kappa shape index (κ1) is 13.1. The molecule has 1 unspecified atom stereocenters. The maximum Gasteiger partial charge on any atom is 0.147 e. The van der Waals surface area contributed by atoms with Crippen molar-refractivity contribution in [1.29, 1.82) is 5.26 Å². The molecule has 0 amide bonds. The van der Waals surface area contributed by atoms with Gasteiger partial charge in [0.15, 0.2) is 0 Å². The minimum Gasteiger partial charge on any atom is -0.376 e. The Kier molecular flexibility index (Phi) is 3.81. The van der Waals surface area contributed by atoms with Gasteiger partial charge in [-0.25, -0.2) is 4.39 Å². The summed E-state index contributed by atoms with van der Waals surface area (Å²) in [6.45, 7) is 4.75. The predicted octanol–water partition coefficient (Wildman–Crippen LogP) is 3.09. The Hall–Kier alpha value is -2.35. The molecule has 2 aromatic rings. The van der Waals surface area contributed by atoms with Gasteiger partial charge in [-0.3, -0.25) is 4.68 Å². The molecule has 1 heterocycles. The summed E-state index contributed by atoms with van der Waals surface area (Å²) in [5, 5.41) is 16.0. The fraction of sp³-hybridized carbons (Fsp3) is 0.286. The van der Waals surface area contributed by atoms with Gasteiger partial charge in [-0.15, -0.1) is 0 Å². The highest BCUT2D eigenvalue weighted by Gasteiger charge is 2.10. The Morgan fingerprint density at radius 1 is 1.53 bits per heavy atom. The Labute approximate surface area is 111 Å². The molecular weight excluding hydrogens is 243 g/mol. The summed E-state index contributed by atoms with van der Waals surface area (Å²) in [5.41, 5.74) is 1.69. The van der Waals surface area contributed by atoms with Crippen LogP contribution in [0.5, 0.6) is 0 Å². The smallest absolute Gasteiger partial charge is 0.147 e. The second-order valence-electron chi connectivity index (χ2n) is 4.30. The summed E-state index contributed by atoms with van der Waals surface area (Å²) in [6.07, 6.45) is 3.70. The van der Waals surface area contributed by atoms with Crippen molar-refractivity contribution >= 4 is 5.69 Å². The fourth-order valence-corrected chi connectivity index (χ4v) is 1.79. The van der Waals surface area contributed by atoms with Crippen molar-refractivity contribution in [2.24, 2.45) is 0 Å². The highest BCUT2D eigenvalue weighted by molar-refractivity contribution is 5.50. The van der Waals surface area contributed by atoms with Crippen molar-refractivity contribution in [3.63, 3.8) is 0 Å². The van der Waals surface area contributed by atoms with Crippen molar-refractivity contribution in [3.05, 3.63) is 47.5 Å². The number of nitrogens with zero attached hydrogens (tertiary/aromatic N) is 3. The zero-order chi connectivity index (χ0) is 13.8. The third-order valence-corrected chi connectivity index (χ3v) is 2.95. The van der Waals surface area contributed by atoms with E-state index in [9.17, 15) is 4.39 Å². The molecule has 1 N–H and O–H groups in total. The molecule has 5 heteroatoms. The van der Waals surface area contributed by atoms with Gasteiger partial charge < -0.3 is 5.32 Å².